The number of nitrogens with zero attached hydrogens (tertiary/aromatic N) is 1. The van der Waals surface area contributed by atoms with Crippen LogP contribution in [0.3, 0.4) is 0 Å². The Morgan fingerprint density at radius 2 is 2.06 bits per heavy atom. The van der Waals surface area contributed by atoms with Gasteiger partial charge in [-0.3, -0.25) is 4.79 Å². The minimum absolute atomic E-state index is 0.0449. The molecule has 0 aliphatic carbocycles. The minimum Gasteiger partial charge on any atom is -0.507 e. The summed E-state index contributed by atoms with van der Waals surface area (Å²) in [4.78, 5) is 13.6. The zero-order chi connectivity index (χ0) is 12.1. The molecule has 0 spiro atoms. The van der Waals surface area contributed by atoms with E-state index in [1.165, 1.54) is 6.07 Å². The van der Waals surface area contributed by atoms with Gasteiger partial charge in [0.2, 0.25) is 0 Å². The Morgan fingerprint density at radius 3 is 2.62 bits per heavy atom. The lowest BCUT2D eigenvalue weighted by atomic mass is 10.1. The number of carbonyl (C=O) groups is 1. The van der Waals surface area contributed by atoms with Crippen molar-refractivity contribution < 1.29 is 9.90 Å². The second-order valence-corrected chi connectivity index (χ2v) is 4.22. The zero-order valence-corrected chi connectivity index (χ0v) is 10.1. The molecular weight excluding hydrogens is 202 g/mol. The maximum Gasteiger partial charge on any atom is 0.257 e. The van der Waals surface area contributed by atoms with Crippen molar-refractivity contribution in [1.29, 1.82) is 0 Å². The van der Waals surface area contributed by atoms with Crippen LogP contribution in [0, 0.1) is 5.92 Å². The highest BCUT2D eigenvalue weighted by Gasteiger charge is 2.16. The fourth-order valence-electron chi connectivity index (χ4n) is 1.54. The molecule has 1 aromatic carbocycles. The number of hydrogen-bond donors (Lipinski definition) is 1. The van der Waals surface area contributed by atoms with Gasteiger partial charge in [-0.25, -0.2) is 0 Å². The van der Waals surface area contributed by atoms with Crippen LogP contribution in [-0.4, -0.2) is 29.5 Å². The summed E-state index contributed by atoms with van der Waals surface area (Å²) >= 11 is 0. The summed E-state index contributed by atoms with van der Waals surface area (Å²) in [5.74, 6) is 0.390. The molecule has 0 aliphatic heterocycles. The molecule has 0 saturated heterocycles. The van der Waals surface area contributed by atoms with Gasteiger partial charge < -0.3 is 10.0 Å². The molecule has 0 radical (unpaired) electrons. The van der Waals surface area contributed by atoms with E-state index in [-0.39, 0.29) is 11.7 Å². The third-order valence-corrected chi connectivity index (χ3v) is 2.76. The average Bonchev–Trinajstić information content (AvgIpc) is 2.28. The molecule has 88 valence electrons. The monoisotopic (exact) mass is 221 g/mol. The van der Waals surface area contributed by atoms with Gasteiger partial charge in [-0.15, -0.1) is 0 Å². The molecule has 0 aromatic heterocycles. The number of amides is 1. The Bertz CT molecular complexity index is 363. The van der Waals surface area contributed by atoms with Crippen molar-refractivity contribution in [3.8, 4) is 5.75 Å². The van der Waals surface area contributed by atoms with Crippen LogP contribution in [-0.2, 0) is 0 Å². The Balaban J connectivity index is 2.75. The van der Waals surface area contributed by atoms with Crippen LogP contribution >= 0.6 is 0 Å². The molecule has 0 heterocycles. The number of aromatic hydroxyl groups is 1. The number of benzene rings is 1. The SMILES string of the molecule is CCC(C)CN(C)C(=O)c1ccccc1O. The zero-order valence-electron chi connectivity index (χ0n) is 10.1. The molecule has 0 saturated carbocycles. The van der Waals surface area contributed by atoms with E-state index in [0.29, 0.717) is 18.0 Å². The van der Waals surface area contributed by atoms with Crippen LogP contribution in [0.2, 0.25) is 0 Å². The first kappa shape index (κ1) is 12.6. The van der Waals surface area contributed by atoms with Crippen LogP contribution in [0.25, 0.3) is 0 Å². The predicted molar refractivity (Wildman–Crippen MR) is 64.5 cm³/mol. The van der Waals surface area contributed by atoms with Crippen molar-refractivity contribution in [2.24, 2.45) is 5.92 Å². The van der Waals surface area contributed by atoms with Crippen LogP contribution in [0.1, 0.15) is 30.6 Å². The van der Waals surface area contributed by atoms with E-state index in [4.69, 9.17) is 0 Å². The Hall–Kier alpha value is -1.51. The second-order valence-electron chi connectivity index (χ2n) is 4.22. The highest BCUT2D eigenvalue weighted by atomic mass is 16.3. The molecule has 3 nitrogen and oxygen atoms in total. The van der Waals surface area contributed by atoms with Gasteiger partial charge >= 0.3 is 0 Å². The lowest BCUT2D eigenvalue weighted by Gasteiger charge is -2.21. The first-order chi connectivity index (χ1) is 7.56. The van der Waals surface area contributed by atoms with E-state index >= 15 is 0 Å². The summed E-state index contributed by atoms with van der Waals surface area (Å²) in [5, 5.41) is 9.57. The molecular formula is C13H19NO2. The van der Waals surface area contributed by atoms with Crippen molar-refractivity contribution >= 4 is 5.91 Å². The van der Waals surface area contributed by atoms with Gasteiger partial charge in [-0.1, -0.05) is 32.4 Å². The van der Waals surface area contributed by atoms with E-state index < -0.39 is 0 Å². The van der Waals surface area contributed by atoms with Crippen LogP contribution < -0.4 is 0 Å². The van der Waals surface area contributed by atoms with Crippen LogP contribution in [0.4, 0.5) is 0 Å². The fourth-order valence-corrected chi connectivity index (χ4v) is 1.54. The normalized spacial score (nSPS) is 12.2. The second kappa shape index (κ2) is 5.54. The predicted octanol–water partition coefficient (Wildman–Crippen LogP) is 2.51. The molecule has 1 aromatic rings. The first-order valence-corrected chi connectivity index (χ1v) is 5.59. The number of phenolic OH excluding ortho intramolecular Hbond substituents is 1. The Morgan fingerprint density at radius 1 is 1.44 bits per heavy atom. The van der Waals surface area contributed by atoms with E-state index in [9.17, 15) is 9.90 Å². The Labute approximate surface area is 96.7 Å². The smallest absolute Gasteiger partial charge is 0.257 e. The molecule has 1 unspecified atom stereocenters. The topological polar surface area (TPSA) is 40.5 Å². The van der Waals surface area contributed by atoms with Crippen LogP contribution in [0.5, 0.6) is 5.75 Å². The third kappa shape index (κ3) is 2.99. The maximum atomic E-state index is 12.0. The van der Waals surface area contributed by atoms with E-state index in [0.717, 1.165) is 6.42 Å². The van der Waals surface area contributed by atoms with E-state index in [1.807, 2.05) is 0 Å². The van der Waals surface area contributed by atoms with Gasteiger partial charge in [-0.2, -0.15) is 0 Å². The van der Waals surface area contributed by atoms with Crippen LogP contribution in [0.15, 0.2) is 24.3 Å². The summed E-state index contributed by atoms with van der Waals surface area (Å²) in [6.45, 7) is 4.92. The lowest BCUT2D eigenvalue weighted by Crippen LogP contribution is -2.30. The molecule has 1 atom stereocenters. The van der Waals surface area contributed by atoms with E-state index in [2.05, 4.69) is 13.8 Å². The maximum absolute atomic E-state index is 12.0. The van der Waals surface area contributed by atoms with Gasteiger partial charge in [0.05, 0.1) is 5.56 Å². The quantitative estimate of drug-likeness (QED) is 0.848. The van der Waals surface area contributed by atoms with E-state index in [1.54, 1.807) is 30.1 Å². The van der Waals surface area contributed by atoms with Gasteiger partial charge in [0.25, 0.3) is 5.91 Å². The number of para-hydroxylation sites is 1. The summed E-state index contributed by atoms with van der Waals surface area (Å²) in [6.07, 6.45) is 1.04. The van der Waals surface area contributed by atoms with Crippen molar-refractivity contribution in [3.05, 3.63) is 29.8 Å². The average molecular weight is 221 g/mol. The van der Waals surface area contributed by atoms with Gasteiger partial charge in [0.15, 0.2) is 0 Å². The number of rotatable bonds is 4. The summed E-state index contributed by atoms with van der Waals surface area (Å²) in [5.41, 5.74) is 0.369. The summed E-state index contributed by atoms with van der Waals surface area (Å²) < 4.78 is 0. The highest BCUT2D eigenvalue weighted by molar-refractivity contribution is 5.96. The summed E-state index contributed by atoms with van der Waals surface area (Å²) in [7, 11) is 1.76. The fraction of sp³-hybridized carbons (Fsp3) is 0.462. The molecule has 0 aliphatic rings. The van der Waals surface area contributed by atoms with Crippen molar-refractivity contribution in [3.63, 3.8) is 0 Å². The molecule has 1 amide bonds. The Kier molecular flexibility index (Phi) is 4.35. The van der Waals surface area contributed by atoms with Gasteiger partial charge in [-0.05, 0) is 18.1 Å². The van der Waals surface area contributed by atoms with Gasteiger partial charge in [0, 0.05) is 13.6 Å². The number of phenols is 1. The van der Waals surface area contributed by atoms with Crippen molar-refractivity contribution in [1.82, 2.24) is 4.90 Å². The standard InChI is InChI=1S/C13H19NO2/c1-4-10(2)9-14(3)13(16)11-7-5-6-8-12(11)15/h5-8,10,15H,4,9H2,1-3H3. The molecule has 0 fully saturated rings. The molecule has 3 heteroatoms. The van der Waals surface area contributed by atoms with Gasteiger partial charge in [0.1, 0.15) is 5.75 Å². The van der Waals surface area contributed by atoms with Crippen molar-refractivity contribution in [2.75, 3.05) is 13.6 Å². The molecule has 1 rings (SSSR count). The van der Waals surface area contributed by atoms with Crippen molar-refractivity contribution in [2.45, 2.75) is 20.3 Å². The largest absolute Gasteiger partial charge is 0.507 e. The highest BCUT2D eigenvalue weighted by Crippen LogP contribution is 2.17. The minimum atomic E-state index is -0.126. The third-order valence-electron chi connectivity index (χ3n) is 2.76. The number of hydrogen-bond acceptors (Lipinski definition) is 2. The first-order valence-electron chi connectivity index (χ1n) is 5.59. The molecule has 0 bridgehead atoms. The lowest BCUT2D eigenvalue weighted by molar-refractivity contribution is 0.0772. The summed E-state index contributed by atoms with van der Waals surface area (Å²) in [6, 6.07) is 6.64. The molecule has 1 N–H and O–H groups in total. The number of carbonyl (C=O) groups excluding carboxylic acids is 1. The molecule has 16 heavy (non-hydrogen) atoms.